The van der Waals surface area contributed by atoms with Gasteiger partial charge in [0, 0.05) is 10.9 Å². The molecule has 0 radical (unpaired) electrons. The predicted molar refractivity (Wildman–Crippen MR) is 143 cm³/mol. The minimum Gasteiger partial charge on any atom is -0.507 e. The lowest BCUT2D eigenvalue weighted by atomic mass is 9.77. The molecule has 0 spiro atoms. The molecule has 0 bridgehead atoms. The Bertz CT molecular complexity index is 1290. The fourth-order valence-corrected chi connectivity index (χ4v) is 6.30. The first-order valence-electron chi connectivity index (χ1n) is 13.7. The number of ether oxygens (including phenoxy) is 2. The molecule has 1 aliphatic carbocycles. The van der Waals surface area contributed by atoms with E-state index in [1.165, 1.54) is 13.8 Å². The van der Waals surface area contributed by atoms with Gasteiger partial charge in [-0.2, -0.15) is 0 Å². The highest BCUT2D eigenvalue weighted by atomic mass is 16.7. The number of phenols is 2. The van der Waals surface area contributed by atoms with Gasteiger partial charge >= 0.3 is 5.97 Å². The third-order valence-electron chi connectivity index (χ3n) is 8.46. The van der Waals surface area contributed by atoms with Crippen molar-refractivity contribution >= 4 is 22.5 Å². The number of hydrogen-bond donors (Lipinski definition) is 7. The van der Waals surface area contributed by atoms with Gasteiger partial charge in [0.25, 0.3) is 0 Å². The van der Waals surface area contributed by atoms with Crippen molar-refractivity contribution in [2.75, 3.05) is 0 Å². The fraction of sp³-hybridized carbons (Fsp3) is 0.586. The Labute approximate surface area is 231 Å². The van der Waals surface area contributed by atoms with E-state index in [0.717, 1.165) is 31.4 Å². The lowest BCUT2D eigenvalue weighted by Crippen LogP contribution is -2.66. The van der Waals surface area contributed by atoms with Gasteiger partial charge in [-0.1, -0.05) is 32.6 Å². The lowest BCUT2D eigenvalue weighted by molar-refractivity contribution is -0.309. The molecule has 0 amide bonds. The smallest absolute Gasteiger partial charge is 0.335 e. The third kappa shape index (κ3) is 5.12. The summed E-state index contributed by atoms with van der Waals surface area (Å²) in [4.78, 5) is 24.2. The highest BCUT2D eigenvalue weighted by molar-refractivity contribution is 6.11. The first-order valence-corrected chi connectivity index (χ1v) is 13.7. The molecule has 7 N–H and O–H groups in total. The number of benzene rings is 2. The largest absolute Gasteiger partial charge is 0.507 e. The molecule has 1 aliphatic heterocycles. The van der Waals surface area contributed by atoms with Crippen LogP contribution < -0.4 is 4.74 Å². The third-order valence-corrected chi connectivity index (χ3v) is 8.46. The molecule has 1 heterocycles. The van der Waals surface area contributed by atoms with Crippen molar-refractivity contribution < 1.29 is 54.8 Å². The summed E-state index contributed by atoms with van der Waals surface area (Å²) in [6, 6.07) is 2.14. The summed E-state index contributed by atoms with van der Waals surface area (Å²) < 4.78 is 11.8. The average molecular weight is 563 g/mol. The van der Waals surface area contributed by atoms with Crippen molar-refractivity contribution in [3.63, 3.8) is 0 Å². The van der Waals surface area contributed by atoms with Gasteiger partial charge in [0.2, 0.25) is 6.29 Å². The van der Waals surface area contributed by atoms with Crippen LogP contribution in [-0.2, 0) is 4.74 Å². The number of hydrogen-bond acceptors (Lipinski definition) is 10. The van der Waals surface area contributed by atoms with E-state index in [0.29, 0.717) is 25.7 Å². The van der Waals surface area contributed by atoms with Gasteiger partial charge in [-0.05, 0) is 51.2 Å². The number of Topliss-reactive ketones (excluding diaryl/α,β-unsaturated/α-hetero) is 1. The minimum absolute atomic E-state index is 0.0381. The number of carboxylic acid groups (broad SMARTS) is 1. The first-order chi connectivity index (χ1) is 18.8. The average Bonchev–Trinajstić information content (AvgIpc) is 3.28. The Morgan fingerprint density at radius 3 is 2.40 bits per heavy atom. The standard InChI is InChI=1S/C29H38O11/c1-4-5-6-8-16-9-7-10-29(16,38)26-24(34)23(33)25(35)28(40-26)39-18-12-15(27(36)37)11-17-20(18)22(32)19(14(3)30)13(2)21(17)31/h11-12,16,23-26,28,31-35,38H,4-10H2,1-3H3,(H,36,37)/t16-,23+,24+,25-,26+,28-,29+/m1/s1. The number of carbonyl (C=O) groups is 2. The number of aliphatic hydroxyl groups is 4. The fourth-order valence-electron chi connectivity index (χ4n) is 6.30. The quantitative estimate of drug-likeness (QED) is 0.135. The zero-order chi connectivity index (χ0) is 29.5. The molecule has 4 rings (SSSR count). The first kappa shape index (κ1) is 30.0. The Morgan fingerprint density at radius 1 is 1.07 bits per heavy atom. The number of ketones is 1. The molecular formula is C29H38O11. The Balaban J connectivity index is 1.78. The molecule has 40 heavy (non-hydrogen) atoms. The van der Waals surface area contributed by atoms with Crippen LogP contribution in [0, 0.1) is 12.8 Å². The minimum atomic E-state index is -1.83. The number of aliphatic hydroxyl groups excluding tert-OH is 3. The normalized spacial score (nSPS) is 30.5. The predicted octanol–water partition coefficient (Wildman–Crippen LogP) is 2.76. The Hall–Kier alpha value is -2.96. The van der Waals surface area contributed by atoms with Gasteiger partial charge in [0.15, 0.2) is 5.78 Å². The van der Waals surface area contributed by atoms with Gasteiger partial charge in [0.1, 0.15) is 41.7 Å². The monoisotopic (exact) mass is 562 g/mol. The molecule has 1 saturated carbocycles. The van der Waals surface area contributed by atoms with Crippen LogP contribution in [0.3, 0.4) is 0 Å². The molecule has 2 aliphatic rings. The number of aromatic carboxylic acids is 1. The lowest BCUT2D eigenvalue weighted by Gasteiger charge is -2.47. The van der Waals surface area contributed by atoms with E-state index in [-0.39, 0.29) is 39.1 Å². The SMILES string of the molecule is CCCCC[C@@H]1CCC[C@@]1(O)[C@H]1O[C@@H](Oc2cc(C(=O)O)cc3c(O)c(C)c(C(C)=O)c(O)c23)[C@H](O)[C@@H](O)[C@@H]1O. The number of aromatic hydroxyl groups is 2. The van der Waals surface area contributed by atoms with Gasteiger partial charge < -0.3 is 45.2 Å². The van der Waals surface area contributed by atoms with E-state index < -0.39 is 59.6 Å². The van der Waals surface area contributed by atoms with E-state index in [4.69, 9.17) is 9.47 Å². The van der Waals surface area contributed by atoms with E-state index >= 15 is 0 Å². The molecule has 0 unspecified atom stereocenters. The highest BCUT2D eigenvalue weighted by Crippen LogP contribution is 2.47. The number of carbonyl (C=O) groups excluding carboxylic acids is 1. The Kier molecular flexibility index (Phi) is 8.63. The number of carboxylic acids is 1. The molecule has 2 aromatic carbocycles. The second-order valence-corrected chi connectivity index (χ2v) is 11.0. The number of fused-ring (bicyclic) bond motifs is 1. The zero-order valence-electron chi connectivity index (χ0n) is 22.8. The summed E-state index contributed by atoms with van der Waals surface area (Å²) in [5, 5.41) is 75.3. The van der Waals surface area contributed by atoms with Gasteiger partial charge in [0.05, 0.1) is 22.1 Å². The van der Waals surface area contributed by atoms with Crippen LogP contribution in [0.1, 0.15) is 85.1 Å². The zero-order valence-corrected chi connectivity index (χ0v) is 22.8. The molecule has 11 nitrogen and oxygen atoms in total. The maximum absolute atomic E-state index is 12.3. The van der Waals surface area contributed by atoms with E-state index in [1.54, 1.807) is 0 Å². The van der Waals surface area contributed by atoms with Gasteiger partial charge in [-0.3, -0.25) is 4.79 Å². The van der Waals surface area contributed by atoms with E-state index in [2.05, 4.69) is 6.92 Å². The second-order valence-electron chi connectivity index (χ2n) is 11.0. The van der Waals surface area contributed by atoms with E-state index in [9.17, 15) is 45.3 Å². The topological polar surface area (TPSA) is 194 Å². The molecule has 11 heteroatoms. The van der Waals surface area contributed by atoms with Crippen LogP contribution in [0.15, 0.2) is 12.1 Å². The molecular weight excluding hydrogens is 524 g/mol. The van der Waals surface area contributed by atoms with Crippen molar-refractivity contribution in [1.29, 1.82) is 0 Å². The van der Waals surface area contributed by atoms with Crippen molar-refractivity contribution in [2.24, 2.45) is 5.92 Å². The van der Waals surface area contributed by atoms with Gasteiger partial charge in [-0.15, -0.1) is 0 Å². The summed E-state index contributed by atoms with van der Waals surface area (Å²) in [5.74, 6) is -3.54. The van der Waals surface area contributed by atoms with Crippen molar-refractivity contribution in [3.8, 4) is 17.2 Å². The number of phenolic OH excluding ortho intramolecular Hbond substituents is 2. The van der Waals surface area contributed by atoms with Crippen molar-refractivity contribution in [3.05, 3.63) is 28.8 Å². The van der Waals surface area contributed by atoms with Crippen LogP contribution >= 0.6 is 0 Å². The maximum atomic E-state index is 12.3. The van der Waals surface area contributed by atoms with Crippen molar-refractivity contribution in [2.45, 2.75) is 102 Å². The van der Waals surface area contributed by atoms with Gasteiger partial charge in [-0.25, -0.2) is 4.79 Å². The maximum Gasteiger partial charge on any atom is 0.335 e. The summed E-state index contributed by atoms with van der Waals surface area (Å²) in [6.45, 7) is 4.65. The van der Waals surface area contributed by atoms with Crippen LogP contribution in [0.25, 0.3) is 10.8 Å². The second kappa shape index (κ2) is 11.5. The molecule has 2 aromatic rings. The molecule has 0 aromatic heterocycles. The van der Waals surface area contributed by atoms with Crippen LogP contribution in [0.5, 0.6) is 17.2 Å². The van der Waals surface area contributed by atoms with Crippen molar-refractivity contribution in [1.82, 2.24) is 0 Å². The van der Waals surface area contributed by atoms with E-state index in [1.807, 2.05) is 0 Å². The summed E-state index contributed by atoms with van der Waals surface area (Å²) in [7, 11) is 0. The molecule has 2 fully saturated rings. The highest BCUT2D eigenvalue weighted by Gasteiger charge is 2.57. The van der Waals surface area contributed by atoms with Crippen LogP contribution in [0.2, 0.25) is 0 Å². The molecule has 7 atom stereocenters. The summed E-state index contributed by atoms with van der Waals surface area (Å²) in [5.41, 5.74) is -2.01. The molecule has 220 valence electrons. The van der Waals surface area contributed by atoms with Crippen LogP contribution in [0.4, 0.5) is 0 Å². The summed E-state index contributed by atoms with van der Waals surface area (Å²) >= 11 is 0. The molecule has 1 saturated heterocycles. The summed E-state index contributed by atoms with van der Waals surface area (Å²) in [6.07, 6.45) is -3.10. The number of unbranched alkanes of at least 4 members (excludes halogenated alkanes) is 2. The van der Waals surface area contributed by atoms with Crippen LogP contribution in [-0.4, -0.2) is 83.8 Å². The number of rotatable bonds is 9. The Morgan fingerprint density at radius 2 is 1.77 bits per heavy atom.